The molecular formula is C20H28N2O3. The van der Waals surface area contributed by atoms with E-state index in [1.165, 1.54) is 5.56 Å². The quantitative estimate of drug-likeness (QED) is 0.914. The highest BCUT2D eigenvalue weighted by Gasteiger charge is 2.31. The van der Waals surface area contributed by atoms with Crippen LogP contribution in [-0.2, 0) is 20.7 Å². The summed E-state index contributed by atoms with van der Waals surface area (Å²) in [7, 11) is 0. The first-order valence-corrected chi connectivity index (χ1v) is 9.43. The minimum atomic E-state index is -0.00964. The molecule has 2 saturated heterocycles. The van der Waals surface area contributed by atoms with Crippen LogP contribution >= 0.6 is 0 Å². The SMILES string of the molecule is CCc1ccc(NC(=O)C2CCN(C(=O)C3CCOCC3)CC2)cc1. The fraction of sp³-hybridized carbons (Fsp3) is 0.600. The summed E-state index contributed by atoms with van der Waals surface area (Å²) in [6.45, 7) is 4.85. The number of anilines is 1. The van der Waals surface area contributed by atoms with E-state index >= 15 is 0 Å². The number of nitrogens with zero attached hydrogens (tertiary/aromatic N) is 1. The second kappa shape index (κ2) is 8.48. The second-order valence-corrected chi connectivity index (χ2v) is 7.03. The molecule has 5 heteroatoms. The van der Waals surface area contributed by atoms with E-state index in [4.69, 9.17) is 4.74 Å². The maximum absolute atomic E-state index is 12.6. The average molecular weight is 344 g/mol. The first-order chi connectivity index (χ1) is 12.2. The fourth-order valence-corrected chi connectivity index (χ4v) is 3.63. The molecule has 2 aliphatic rings. The van der Waals surface area contributed by atoms with Gasteiger partial charge in [0.1, 0.15) is 0 Å². The van der Waals surface area contributed by atoms with Crippen molar-refractivity contribution >= 4 is 17.5 Å². The van der Waals surface area contributed by atoms with E-state index in [9.17, 15) is 9.59 Å². The summed E-state index contributed by atoms with van der Waals surface area (Å²) in [5.74, 6) is 0.417. The summed E-state index contributed by atoms with van der Waals surface area (Å²) < 4.78 is 5.33. The van der Waals surface area contributed by atoms with Gasteiger partial charge < -0.3 is 15.0 Å². The monoisotopic (exact) mass is 344 g/mol. The lowest BCUT2D eigenvalue weighted by Crippen LogP contribution is -2.45. The molecule has 1 aromatic carbocycles. The van der Waals surface area contributed by atoms with Gasteiger partial charge in [0, 0.05) is 43.8 Å². The summed E-state index contributed by atoms with van der Waals surface area (Å²) >= 11 is 0. The van der Waals surface area contributed by atoms with Gasteiger partial charge >= 0.3 is 0 Å². The average Bonchev–Trinajstić information content (AvgIpc) is 2.69. The number of piperidine rings is 1. The standard InChI is InChI=1S/C20H28N2O3/c1-2-15-3-5-18(6-4-15)21-19(23)16-7-11-22(12-8-16)20(24)17-9-13-25-14-10-17/h3-6,16-17H,2,7-14H2,1H3,(H,21,23). The Morgan fingerprint density at radius 2 is 1.68 bits per heavy atom. The van der Waals surface area contributed by atoms with E-state index in [0.717, 1.165) is 37.8 Å². The largest absolute Gasteiger partial charge is 0.381 e. The molecule has 3 rings (SSSR count). The van der Waals surface area contributed by atoms with Crippen LogP contribution in [0.3, 0.4) is 0 Å². The van der Waals surface area contributed by atoms with Crippen LogP contribution < -0.4 is 5.32 Å². The molecule has 0 bridgehead atoms. The van der Waals surface area contributed by atoms with Crippen LogP contribution in [0, 0.1) is 11.8 Å². The van der Waals surface area contributed by atoms with Crippen molar-refractivity contribution in [3.8, 4) is 0 Å². The van der Waals surface area contributed by atoms with Crippen molar-refractivity contribution in [3.05, 3.63) is 29.8 Å². The van der Waals surface area contributed by atoms with Crippen LogP contribution in [0.25, 0.3) is 0 Å². The molecule has 0 radical (unpaired) electrons. The van der Waals surface area contributed by atoms with Gasteiger partial charge in [-0.1, -0.05) is 19.1 Å². The summed E-state index contributed by atoms with van der Waals surface area (Å²) in [5.41, 5.74) is 2.11. The maximum atomic E-state index is 12.6. The van der Waals surface area contributed by atoms with Gasteiger partial charge in [0.15, 0.2) is 0 Å². The molecule has 0 saturated carbocycles. The van der Waals surface area contributed by atoms with Crippen LogP contribution in [0.5, 0.6) is 0 Å². The minimum Gasteiger partial charge on any atom is -0.381 e. The van der Waals surface area contributed by atoms with Crippen molar-refractivity contribution in [2.75, 3.05) is 31.6 Å². The van der Waals surface area contributed by atoms with Crippen molar-refractivity contribution in [1.82, 2.24) is 4.90 Å². The highest BCUT2D eigenvalue weighted by atomic mass is 16.5. The minimum absolute atomic E-state index is 0.00964. The molecular weight excluding hydrogens is 316 g/mol. The van der Waals surface area contributed by atoms with E-state index in [1.54, 1.807) is 0 Å². The molecule has 2 heterocycles. The zero-order valence-electron chi connectivity index (χ0n) is 15.0. The summed E-state index contributed by atoms with van der Waals surface area (Å²) in [6.07, 6.45) is 4.13. The topological polar surface area (TPSA) is 58.6 Å². The smallest absolute Gasteiger partial charge is 0.227 e. The summed E-state index contributed by atoms with van der Waals surface area (Å²) in [5, 5.41) is 3.01. The highest BCUT2D eigenvalue weighted by molar-refractivity contribution is 5.92. The predicted molar refractivity (Wildman–Crippen MR) is 97.3 cm³/mol. The number of carbonyl (C=O) groups is 2. The Balaban J connectivity index is 1.47. The van der Waals surface area contributed by atoms with Crippen LogP contribution in [-0.4, -0.2) is 43.0 Å². The Morgan fingerprint density at radius 3 is 2.28 bits per heavy atom. The molecule has 2 fully saturated rings. The number of benzene rings is 1. The van der Waals surface area contributed by atoms with Crippen LogP contribution in [0.4, 0.5) is 5.69 Å². The number of likely N-dealkylation sites (tertiary alicyclic amines) is 1. The van der Waals surface area contributed by atoms with Gasteiger partial charge in [-0.3, -0.25) is 9.59 Å². The van der Waals surface area contributed by atoms with Crippen LogP contribution in [0.15, 0.2) is 24.3 Å². The Morgan fingerprint density at radius 1 is 1.04 bits per heavy atom. The molecule has 5 nitrogen and oxygen atoms in total. The molecule has 0 unspecified atom stereocenters. The lowest BCUT2D eigenvalue weighted by molar-refractivity contribution is -0.141. The Bertz CT molecular complexity index is 585. The Labute approximate surface area is 149 Å². The Hall–Kier alpha value is -1.88. The van der Waals surface area contributed by atoms with Gasteiger partial charge in [0.05, 0.1) is 0 Å². The fourth-order valence-electron chi connectivity index (χ4n) is 3.63. The number of amides is 2. The van der Waals surface area contributed by atoms with Crippen molar-refractivity contribution < 1.29 is 14.3 Å². The van der Waals surface area contributed by atoms with Crippen molar-refractivity contribution in [3.63, 3.8) is 0 Å². The van der Waals surface area contributed by atoms with Crippen LogP contribution in [0.2, 0.25) is 0 Å². The number of hydrogen-bond donors (Lipinski definition) is 1. The van der Waals surface area contributed by atoms with Gasteiger partial charge in [-0.05, 0) is 49.8 Å². The molecule has 2 aliphatic heterocycles. The molecule has 1 N–H and O–H groups in total. The first-order valence-electron chi connectivity index (χ1n) is 9.43. The number of hydrogen-bond acceptors (Lipinski definition) is 3. The van der Waals surface area contributed by atoms with Gasteiger partial charge in [-0.15, -0.1) is 0 Å². The van der Waals surface area contributed by atoms with E-state index in [-0.39, 0.29) is 23.7 Å². The van der Waals surface area contributed by atoms with Gasteiger partial charge in [0.2, 0.25) is 11.8 Å². The van der Waals surface area contributed by atoms with E-state index < -0.39 is 0 Å². The van der Waals surface area contributed by atoms with E-state index in [2.05, 4.69) is 12.2 Å². The molecule has 1 aromatic rings. The van der Waals surface area contributed by atoms with E-state index in [1.807, 2.05) is 29.2 Å². The molecule has 0 aromatic heterocycles. The maximum Gasteiger partial charge on any atom is 0.227 e. The Kier molecular flexibility index (Phi) is 6.08. The number of nitrogens with one attached hydrogen (secondary N) is 1. The van der Waals surface area contributed by atoms with Gasteiger partial charge in [-0.25, -0.2) is 0 Å². The lowest BCUT2D eigenvalue weighted by atomic mass is 9.93. The molecule has 0 spiro atoms. The third-order valence-electron chi connectivity index (χ3n) is 5.38. The zero-order valence-corrected chi connectivity index (χ0v) is 15.0. The third kappa shape index (κ3) is 4.60. The normalized spacial score (nSPS) is 19.6. The van der Waals surface area contributed by atoms with Crippen molar-refractivity contribution in [2.45, 2.75) is 39.0 Å². The highest BCUT2D eigenvalue weighted by Crippen LogP contribution is 2.24. The first kappa shape index (κ1) is 17.9. The van der Waals surface area contributed by atoms with Crippen molar-refractivity contribution in [1.29, 1.82) is 0 Å². The molecule has 136 valence electrons. The summed E-state index contributed by atoms with van der Waals surface area (Å²) in [6, 6.07) is 8.01. The van der Waals surface area contributed by atoms with Gasteiger partial charge in [-0.2, -0.15) is 0 Å². The molecule has 0 aliphatic carbocycles. The number of ether oxygens (including phenoxy) is 1. The molecule has 25 heavy (non-hydrogen) atoms. The zero-order chi connectivity index (χ0) is 17.6. The van der Waals surface area contributed by atoms with Crippen molar-refractivity contribution in [2.24, 2.45) is 11.8 Å². The summed E-state index contributed by atoms with van der Waals surface area (Å²) in [4.78, 5) is 27.0. The third-order valence-corrected chi connectivity index (χ3v) is 5.38. The number of aryl methyl sites for hydroxylation is 1. The predicted octanol–water partition coefficient (Wildman–Crippen LogP) is 2.85. The second-order valence-electron chi connectivity index (χ2n) is 7.03. The van der Waals surface area contributed by atoms with E-state index in [0.29, 0.717) is 26.3 Å². The van der Waals surface area contributed by atoms with Gasteiger partial charge in [0.25, 0.3) is 0 Å². The van der Waals surface area contributed by atoms with Crippen LogP contribution in [0.1, 0.15) is 38.2 Å². The number of rotatable bonds is 4. The lowest BCUT2D eigenvalue weighted by Gasteiger charge is -2.34. The number of carbonyl (C=O) groups excluding carboxylic acids is 2. The molecule has 2 amide bonds. The molecule has 0 atom stereocenters.